The number of amides is 1. The van der Waals surface area contributed by atoms with Crippen LogP contribution in [0.4, 0.5) is 0 Å². The molecule has 2 unspecified atom stereocenters. The molecule has 1 saturated heterocycles. The summed E-state index contributed by atoms with van der Waals surface area (Å²) in [5, 5.41) is 15.9. The Morgan fingerprint density at radius 3 is 2.71 bits per heavy atom. The summed E-state index contributed by atoms with van der Waals surface area (Å²) < 4.78 is 0. The van der Waals surface area contributed by atoms with Gasteiger partial charge in [0, 0.05) is 31.1 Å². The third-order valence-corrected chi connectivity index (χ3v) is 4.88. The van der Waals surface area contributed by atoms with Gasteiger partial charge in [0.15, 0.2) is 0 Å². The van der Waals surface area contributed by atoms with Gasteiger partial charge in [-0.25, -0.2) is 0 Å². The Labute approximate surface area is 147 Å². The van der Waals surface area contributed by atoms with E-state index in [2.05, 4.69) is 34.9 Å². The molecular weight excluding hydrogens is 324 g/mol. The van der Waals surface area contributed by atoms with Crippen LogP contribution in [0.15, 0.2) is 42.5 Å². The Bertz CT molecular complexity index is 763. The predicted molar refractivity (Wildman–Crippen MR) is 96.6 cm³/mol. The Kier molecular flexibility index (Phi) is 4.90. The summed E-state index contributed by atoms with van der Waals surface area (Å²) in [7, 11) is 0. The number of hydrogen-bond donors (Lipinski definition) is 3. The number of rotatable bonds is 3. The molecule has 2 aromatic carbocycles. The van der Waals surface area contributed by atoms with Gasteiger partial charge in [-0.2, -0.15) is 0 Å². The molecule has 2 atom stereocenters. The maximum Gasteiger partial charge on any atom is 0.251 e. The van der Waals surface area contributed by atoms with Crippen LogP contribution in [0.1, 0.15) is 21.5 Å². The molecule has 126 valence electrons. The standard InChI is InChI=1S/C19H20N2O2.ClH/c22-18-11-20-9-15(18)10-21-19(23)13-5-6-17-14(8-13)7-12-3-1-2-4-16(12)17;/h1-6,8,15,18,20,22H,7,9-11H2,(H,21,23);1H. The lowest BCUT2D eigenvalue weighted by molar-refractivity contribution is 0.0927. The molecule has 0 spiro atoms. The molecule has 1 heterocycles. The van der Waals surface area contributed by atoms with Crippen LogP contribution < -0.4 is 10.6 Å². The zero-order chi connectivity index (χ0) is 15.8. The minimum absolute atomic E-state index is 0. The first kappa shape index (κ1) is 17.0. The van der Waals surface area contributed by atoms with Crippen molar-refractivity contribution in [3.05, 3.63) is 59.2 Å². The highest BCUT2D eigenvalue weighted by molar-refractivity contribution is 5.95. The Morgan fingerprint density at radius 1 is 1.12 bits per heavy atom. The number of carbonyl (C=O) groups is 1. The molecule has 4 nitrogen and oxygen atoms in total. The van der Waals surface area contributed by atoms with Crippen molar-refractivity contribution in [3.8, 4) is 11.1 Å². The summed E-state index contributed by atoms with van der Waals surface area (Å²) in [5.41, 5.74) is 5.72. The van der Waals surface area contributed by atoms with Crippen LogP contribution in [0, 0.1) is 5.92 Å². The molecule has 0 bridgehead atoms. The van der Waals surface area contributed by atoms with Crippen molar-refractivity contribution in [1.29, 1.82) is 0 Å². The third kappa shape index (κ3) is 3.05. The fraction of sp³-hybridized carbons (Fsp3) is 0.316. The minimum Gasteiger partial charge on any atom is -0.391 e. The van der Waals surface area contributed by atoms with Crippen LogP contribution in [0.2, 0.25) is 0 Å². The van der Waals surface area contributed by atoms with E-state index in [-0.39, 0.29) is 30.3 Å². The highest BCUT2D eigenvalue weighted by Crippen LogP contribution is 2.36. The average Bonchev–Trinajstić information content (AvgIpc) is 3.15. The lowest BCUT2D eigenvalue weighted by atomic mass is 10.0. The first-order chi connectivity index (χ1) is 11.2. The van der Waals surface area contributed by atoms with Gasteiger partial charge >= 0.3 is 0 Å². The van der Waals surface area contributed by atoms with Crippen LogP contribution >= 0.6 is 12.4 Å². The number of halogens is 1. The molecule has 1 aliphatic heterocycles. The van der Waals surface area contributed by atoms with Crippen LogP contribution in [0.25, 0.3) is 11.1 Å². The molecule has 2 aromatic rings. The van der Waals surface area contributed by atoms with Gasteiger partial charge in [0.05, 0.1) is 6.10 Å². The Balaban J connectivity index is 0.00000169. The Morgan fingerprint density at radius 2 is 1.92 bits per heavy atom. The summed E-state index contributed by atoms with van der Waals surface area (Å²) in [5.74, 6) is 0.0282. The van der Waals surface area contributed by atoms with E-state index in [0.717, 1.165) is 13.0 Å². The average molecular weight is 345 g/mol. The number of fused-ring (bicyclic) bond motifs is 3. The van der Waals surface area contributed by atoms with Crippen molar-refractivity contribution in [1.82, 2.24) is 10.6 Å². The van der Waals surface area contributed by atoms with Gasteiger partial charge in [-0.3, -0.25) is 4.79 Å². The molecule has 0 radical (unpaired) electrons. The number of benzene rings is 2. The van der Waals surface area contributed by atoms with Crippen molar-refractivity contribution < 1.29 is 9.90 Å². The zero-order valence-corrected chi connectivity index (χ0v) is 14.1. The second kappa shape index (κ2) is 6.93. The van der Waals surface area contributed by atoms with E-state index >= 15 is 0 Å². The van der Waals surface area contributed by atoms with Crippen molar-refractivity contribution in [2.75, 3.05) is 19.6 Å². The molecule has 1 aliphatic carbocycles. The maximum absolute atomic E-state index is 12.4. The zero-order valence-electron chi connectivity index (χ0n) is 13.3. The topological polar surface area (TPSA) is 61.4 Å². The summed E-state index contributed by atoms with van der Waals surface area (Å²) >= 11 is 0. The molecule has 2 aliphatic rings. The number of aliphatic hydroxyl groups excluding tert-OH is 1. The van der Waals surface area contributed by atoms with E-state index in [1.54, 1.807) is 0 Å². The van der Waals surface area contributed by atoms with Crippen LogP contribution in [0.3, 0.4) is 0 Å². The van der Waals surface area contributed by atoms with Crippen molar-refractivity contribution >= 4 is 18.3 Å². The van der Waals surface area contributed by atoms with Crippen LogP contribution in [0.5, 0.6) is 0 Å². The summed E-state index contributed by atoms with van der Waals surface area (Å²) in [4.78, 5) is 12.4. The summed E-state index contributed by atoms with van der Waals surface area (Å²) in [6, 6.07) is 14.3. The number of nitrogens with one attached hydrogen (secondary N) is 2. The fourth-order valence-electron chi connectivity index (χ4n) is 3.54. The van der Waals surface area contributed by atoms with E-state index < -0.39 is 0 Å². The SMILES string of the molecule is Cl.O=C(NCC1CNCC1O)c1ccc2c(c1)Cc1ccccc1-2. The number of hydrogen-bond acceptors (Lipinski definition) is 3. The maximum atomic E-state index is 12.4. The first-order valence-corrected chi connectivity index (χ1v) is 8.10. The lowest BCUT2D eigenvalue weighted by Crippen LogP contribution is -2.34. The number of β-amino-alcohol motifs (C(OH)–C–C–N with tert-alkyl or cyclic N) is 1. The van der Waals surface area contributed by atoms with Gasteiger partial charge in [0.2, 0.25) is 0 Å². The monoisotopic (exact) mass is 344 g/mol. The third-order valence-electron chi connectivity index (χ3n) is 4.88. The van der Waals surface area contributed by atoms with E-state index in [1.807, 2.05) is 18.2 Å². The van der Waals surface area contributed by atoms with Gasteiger partial charge in [0.1, 0.15) is 0 Å². The number of aliphatic hydroxyl groups is 1. The van der Waals surface area contributed by atoms with Crippen LogP contribution in [-0.4, -0.2) is 36.8 Å². The van der Waals surface area contributed by atoms with E-state index in [9.17, 15) is 9.90 Å². The van der Waals surface area contributed by atoms with Crippen molar-refractivity contribution in [3.63, 3.8) is 0 Å². The normalized spacial score (nSPS) is 20.9. The molecule has 1 fully saturated rings. The van der Waals surface area contributed by atoms with Crippen molar-refractivity contribution in [2.24, 2.45) is 5.92 Å². The summed E-state index contributed by atoms with van der Waals surface area (Å²) in [6.07, 6.45) is 0.516. The van der Waals surface area contributed by atoms with Gasteiger partial charge in [0.25, 0.3) is 5.91 Å². The predicted octanol–water partition coefficient (Wildman–Crippen LogP) is 1.99. The van der Waals surface area contributed by atoms with Crippen LogP contribution in [-0.2, 0) is 6.42 Å². The molecule has 24 heavy (non-hydrogen) atoms. The minimum atomic E-state index is -0.371. The van der Waals surface area contributed by atoms with Crippen molar-refractivity contribution in [2.45, 2.75) is 12.5 Å². The molecule has 4 rings (SSSR count). The first-order valence-electron chi connectivity index (χ1n) is 8.10. The lowest BCUT2D eigenvalue weighted by Gasteiger charge is -2.14. The van der Waals surface area contributed by atoms with Gasteiger partial charge < -0.3 is 15.7 Å². The second-order valence-electron chi connectivity index (χ2n) is 6.40. The number of carbonyl (C=O) groups excluding carboxylic acids is 1. The Hall–Kier alpha value is -1.88. The molecular formula is C19H21ClN2O2. The molecule has 0 saturated carbocycles. The highest BCUT2D eigenvalue weighted by Gasteiger charge is 2.25. The highest BCUT2D eigenvalue weighted by atomic mass is 35.5. The molecule has 1 amide bonds. The quantitative estimate of drug-likeness (QED) is 0.681. The largest absolute Gasteiger partial charge is 0.391 e. The van der Waals surface area contributed by atoms with E-state index in [0.29, 0.717) is 18.7 Å². The fourth-order valence-corrected chi connectivity index (χ4v) is 3.54. The van der Waals surface area contributed by atoms with Gasteiger partial charge in [-0.1, -0.05) is 30.3 Å². The second-order valence-corrected chi connectivity index (χ2v) is 6.40. The van der Waals surface area contributed by atoms with E-state index in [4.69, 9.17) is 0 Å². The molecule has 0 aromatic heterocycles. The summed E-state index contributed by atoms with van der Waals surface area (Å²) in [6.45, 7) is 1.86. The van der Waals surface area contributed by atoms with Gasteiger partial charge in [-0.15, -0.1) is 12.4 Å². The van der Waals surface area contributed by atoms with E-state index in [1.165, 1.54) is 22.3 Å². The smallest absolute Gasteiger partial charge is 0.251 e. The molecule has 3 N–H and O–H groups in total. The molecule has 5 heteroatoms. The van der Waals surface area contributed by atoms with Gasteiger partial charge in [-0.05, 0) is 40.8 Å².